The van der Waals surface area contributed by atoms with Crippen LogP contribution in [-0.4, -0.2) is 22.4 Å². The summed E-state index contributed by atoms with van der Waals surface area (Å²) in [7, 11) is 0. The Kier molecular flexibility index (Phi) is 4.02. The summed E-state index contributed by atoms with van der Waals surface area (Å²) in [6.45, 7) is 0.429. The fourth-order valence-corrected chi connectivity index (χ4v) is 1.60. The summed E-state index contributed by atoms with van der Waals surface area (Å²) < 4.78 is 13.0. The Labute approximate surface area is 109 Å². The lowest BCUT2D eigenvalue weighted by molar-refractivity contribution is 0.0954. The minimum atomic E-state index is -0.589. The van der Waals surface area contributed by atoms with E-state index in [1.54, 1.807) is 12.4 Å². The smallest absolute Gasteiger partial charge is 0.255 e. The van der Waals surface area contributed by atoms with Crippen molar-refractivity contribution in [1.29, 1.82) is 0 Å². The quantitative estimate of drug-likeness (QED) is 0.864. The minimum Gasteiger partial charge on any atom is -0.383 e. The van der Waals surface area contributed by atoms with Crippen LogP contribution in [-0.2, 0) is 6.42 Å². The highest BCUT2D eigenvalue weighted by atomic mass is 19.1. The molecular weight excluding hydrogens is 247 g/mol. The number of rotatable bonds is 4. The molecule has 3 N–H and O–H groups in total. The fraction of sp³-hybridized carbons (Fsp3) is 0.154. The molecule has 0 aliphatic carbocycles. The maximum Gasteiger partial charge on any atom is 0.255 e. The van der Waals surface area contributed by atoms with Gasteiger partial charge in [-0.05, 0) is 30.2 Å². The van der Waals surface area contributed by atoms with Crippen LogP contribution in [0.2, 0.25) is 0 Å². The summed E-state index contributed by atoms with van der Waals surface area (Å²) in [6.07, 6.45) is 5.01. The molecule has 98 valence electrons. The molecule has 2 heterocycles. The summed E-state index contributed by atoms with van der Waals surface area (Å²) in [4.78, 5) is 19.3. The molecule has 2 aromatic heterocycles. The number of aromatic nitrogens is 2. The van der Waals surface area contributed by atoms with E-state index in [1.807, 2.05) is 12.1 Å². The molecule has 0 spiro atoms. The first kappa shape index (κ1) is 12.9. The number of carbonyl (C=O) groups excluding carboxylic acids is 1. The van der Waals surface area contributed by atoms with Gasteiger partial charge >= 0.3 is 0 Å². The van der Waals surface area contributed by atoms with Gasteiger partial charge in [0.1, 0.15) is 11.6 Å². The van der Waals surface area contributed by atoms with Crippen LogP contribution >= 0.6 is 0 Å². The van der Waals surface area contributed by atoms with Gasteiger partial charge in [-0.2, -0.15) is 0 Å². The van der Waals surface area contributed by atoms with Crippen LogP contribution in [0, 0.1) is 5.82 Å². The van der Waals surface area contributed by atoms with Crippen molar-refractivity contribution in [2.45, 2.75) is 6.42 Å². The molecule has 0 radical (unpaired) electrons. The van der Waals surface area contributed by atoms with Gasteiger partial charge in [0.15, 0.2) is 0 Å². The lowest BCUT2D eigenvalue weighted by Crippen LogP contribution is -2.27. The highest BCUT2D eigenvalue weighted by molar-refractivity contribution is 5.98. The van der Waals surface area contributed by atoms with E-state index >= 15 is 0 Å². The van der Waals surface area contributed by atoms with Gasteiger partial charge in [0.25, 0.3) is 5.91 Å². The zero-order valence-electron chi connectivity index (χ0n) is 10.1. The molecule has 19 heavy (non-hydrogen) atoms. The number of anilines is 1. The first-order valence-corrected chi connectivity index (χ1v) is 5.75. The second kappa shape index (κ2) is 5.90. The van der Waals surface area contributed by atoms with Gasteiger partial charge < -0.3 is 11.1 Å². The monoisotopic (exact) mass is 260 g/mol. The average molecular weight is 260 g/mol. The predicted molar refractivity (Wildman–Crippen MR) is 68.9 cm³/mol. The van der Waals surface area contributed by atoms with Crippen molar-refractivity contribution < 1.29 is 9.18 Å². The van der Waals surface area contributed by atoms with E-state index in [-0.39, 0.29) is 11.4 Å². The van der Waals surface area contributed by atoms with Crippen molar-refractivity contribution in [3.8, 4) is 0 Å². The molecule has 0 fully saturated rings. The van der Waals surface area contributed by atoms with E-state index in [4.69, 9.17) is 5.73 Å². The van der Waals surface area contributed by atoms with Crippen molar-refractivity contribution >= 4 is 11.7 Å². The largest absolute Gasteiger partial charge is 0.383 e. The molecule has 0 bridgehead atoms. The Morgan fingerprint density at radius 1 is 1.37 bits per heavy atom. The Morgan fingerprint density at radius 2 is 2.11 bits per heavy atom. The Morgan fingerprint density at radius 3 is 2.84 bits per heavy atom. The molecule has 0 unspecified atom stereocenters. The van der Waals surface area contributed by atoms with Crippen LogP contribution in [0.15, 0.2) is 36.8 Å². The molecular formula is C13H13FN4O. The lowest BCUT2D eigenvalue weighted by Gasteiger charge is -2.07. The summed E-state index contributed by atoms with van der Waals surface area (Å²) >= 11 is 0. The molecule has 0 saturated carbocycles. The van der Waals surface area contributed by atoms with Crippen molar-refractivity contribution in [1.82, 2.24) is 15.3 Å². The number of pyridine rings is 2. The lowest BCUT2D eigenvalue weighted by atomic mass is 10.2. The minimum absolute atomic E-state index is 0.0165. The molecule has 2 aromatic rings. The Balaban J connectivity index is 1.93. The first-order chi connectivity index (χ1) is 9.16. The second-order valence-corrected chi connectivity index (χ2v) is 3.95. The normalized spacial score (nSPS) is 10.2. The van der Waals surface area contributed by atoms with E-state index < -0.39 is 11.7 Å². The molecule has 2 rings (SSSR count). The molecule has 0 saturated heterocycles. The van der Waals surface area contributed by atoms with E-state index in [2.05, 4.69) is 15.3 Å². The Bertz CT molecular complexity index is 574. The van der Waals surface area contributed by atoms with E-state index in [9.17, 15) is 9.18 Å². The highest BCUT2D eigenvalue weighted by Gasteiger charge is 2.11. The van der Waals surface area contributed by atoms with Gasteiger partial charge in [-0.1, -0.05) is 0 Å². The first-order valence-electron chi connectivity index (χ1n) is 5.75. The van der Waals surface area contributed by atoms with Gasteiger partial charge in [-0.15, -0.1) is 0 Å². The molecule has 0 aromatic carbocycles. The van der Waals surface area contributed by atoms with E-state index in [0.29, 0.717) is 13.0 Å². The molecule has 5 nitrogen and oxygen atoms in total. The van der Waals surface area contributed by atoms with Crippen molar-refractivity contribution in [2.75, 3.05) is 12.3 Å². The third kappa shape index (κ3) is 3.48. The Hall–Kier alpha value is -2.50. The van der Waals surface area contributed by atoms with Gasteiger partial charge in [0.05, 0.1) is 11.8 Å². The van der Waals surface area contributed by atoms with E-state index in [1.165, 1.54) is 0 Å². The van der Waals surface area contributed by atoms with Crippen molar-refractivity contribution in [2.24, 2.45) is 0 Å². The summed E-state index contributed by atoms with van der Waals surface area (Å²) in [5.74, 6) is -1.00. The number of nitrogens with zero attached hydrogens (tertiary/aromatic N) is 2. The van der Waals surface area contributed by atoms with Crippen LogP contribution in [0.3, 0.4) is 0 Å². The topological polar surface area (TPSA) is 80.9 Å². The van der Waals surface area contributed by atoms with E-state index in [0.717, 1.165) is 17.8 Å². The second-order valence-electron chi connectivity index (χ2n) is 3.95. The number of amides is 1. The number of nitrogens with two attached hydrogens (primary N) is 1. The van der Waals surface area contributed by atoms with Crippen LogP contribution in [0.1, 0.15) is 15.9 Å². The fourth-order valence-electron chi connectivity index (χ4n) is 1.60. The number of hydrogen-bond donors (Lipinski definition) is 2. The number of hydrogen-bond acceptors (Lipinski definition) is 4. The van der Waals surface area contributed by atoms with Crippen LogP contribution in [0.25, 0.3) is 0 Å². The molecule has 0 atom stereocenters. The number of halogens is 1. The third-order valence-corrected chi connectivity index (χ3v) is 2.58. The standard InChI is InChI=1S/C13H13FN4O/c14-10-7-11(12(15)18-8-10)13(19)17-6-3-9-1-4-16-5-2-9/h1-2,4-5,7-8H,3,6H2,(H2,15,18)(H,17,19). The number of carbonyl (C=O) groups is 1. The van der Waals surface area contributed by atoms with Gasteiger partial charge in [0.2, 0.25) is 0 Å². The van der Waals surface area contributed by atoms with Crippen LogP contribution < -0.4 is 11.1 Å². The predicted octanol–water partition coefficient (Wildman–Crippen LogP) is 1.17. The zero-order chi connectivity index (χ0) is 13.7. The molecule has 6 heteroatoms. The van der Waals surface area contributed by atoms with Crippen LogP contribution in [0.5, 0.6) is 0 Å². The third-order valence-electron chi connectivity index (χ3n) is 2.58. The van der Waals surface area contributed by atoms with Crippen molar-refractivity contribution in [3.05, 3.63) is 53.7 Å². The molecule has 1 amide bonds. The number of nitrogen functional groups attached to an aromatic ring is 1. The van der Waals surface area contributed by atoms with Crippen LogP contribution in [0.4, 0.5) is 10.2 Å². The molecule has 0 aliphatic rings. The average Bonchev–Trinajstić information content (AvgIpc) is 2.42. The van der Waals surface area contributed by atoms with Gasteiger partial charge in [-0.25, -0.2) is 9.37 Å². The number of nitrogens with one attached hydrogen (secondary N) is 1. The summed E-state index contributed by atoms with van der Waals surface area (Å²) in [5, 5.41) is 2.67. The van der Waals surface area contributed by atoms with Gasteiger partial charge in [0, 0.05) is 18.9 Å². The van der Waals surface area contributed by atoms with Gasteiger partial charge in [-0.3, -0.25) is 9.78 Å². The maximum absolute atomic E-state index is 13.0. The SMILES string of the molecule is Nc1ncc(F)cc1C(=O)NCCc1ccncc1. The maximum atomic E-state index is 13.0. The highest BCUT2D eigenvalue weighted by Crippen LogP contribution is 2.09. The summed E-state index contributed by atoms with van der Waals surface area (Å²) in [5.41, 5.74) is 6.63. The van der Waals surface area contributed by atoms with Crippen molar-refractivity contribution in [3.63, 3.8) is 0 Å². The molecule has 0 aliphatic heterocycles. The summed E-state index contributed by atoms with van der Waals surface area (Å²) in [6, 6.07) is 4.80. The zero-order valence-corrected chi connectivity index (χ0v) is 10.1.